The molecular formula is C14H11ClN2S. The molecule has 0 aliphatic heterocycles. The molecule has 2 nitrogen and oxygen atoms in total. The van der Waals surface area contributed by atoms with Crippen molar-refractivity contribution in [3.05, 3.63) is 51.5 Å². The van der Waals surface area contributed by atoms with Crippen molar-refractivity contribution < 1.29 is 0 Å². The van der Waals surface area contributed by atoms with Gasteiger partial charge >= 0.3 is 0 Å². The fourth-order valence-corrected chi connectivity index (χ4v) is 2.96. The highest BCUT2D eigenvalue weighted by Gasteiger charge is 2.14. The van der Waals surface area contributed by atoms with Crippen molar-refractivity contribution >= 4 is 33.5 Å². The van der Waals surface area contributed by atoms with Gasteiger partial charge in [0.25, 0.3) is 0 Å². The van der Waals surface area contributed by atoms with E-state index in [9.17, 15) is 5.26 Å². The third-order valence-corrected chi connectivity index (χ3v) is 4.08. The average molecular weight is 275 g/mol. The molecule has 0 aliphatic carbocycles. The number of aromatic nitrogens is 1. The maximum absolute atomic E-state index is 9.30. The van der Waals surface area contributed by atoms with Crippen molar-refractivity contribution in [2.24, 2.45) is 0 Å². The summed E-state index contributed by atoms with van der Waals surface area (Å²) in [5.41, 5.74) is 2.19. The number of thiazole rings is 1. The first kappa shape index (κ1) is 12.8. The topological polar surface area (TPSA) is 36.7 Å². The Kier molecular flexibility index (Phi) is 3.81. The Morgan fingerprint density at radius 2 is 1.94 bits per heavy atom. The lowest BCUT2D eigenvalue weighted by Crippen LogP contribution is -1.85. The van der Waals surface area contributed by atoms with E-state index in [0.717, 1.165) is 21.1 Å². The molecule has 0 atom stereocenters. The zero-order valence-electron chi connectivity index (χ0n) is 10.1. The summed E-state index contributed by atoms with van der Waals surface area (Å²) in [7, 11) is 0. The number of rotatable bonds is 2. The Morgan fingerprint density at radius 3 is 2.44 bits per heavy atom. The third-order valence-electron chi connectivity index (χ3n) is 2.50. The fraction of sp³-hybridized carbons (Fsp3) is 0.143. The van der Waals surface area contributed by atoms with Crippen molar-refractivity contribution in [3.63, 3.8) is 0 Å². The normalized spacial score (nSPS) is 11.9. The third kappa shape index (κ3) is 2.45. The molecule has 1 aromatic carbocycles. The molecule has 90 valence electrons. The quantitative estimate of drug-likeness (QED) is 0.762. The molecule has 0 bridgehead atoms. The predicted molar refractivity (Wildman–Crippen MR) is 76.3 cm³/mol. The second-order valence-electron chi connectivity index (χ2n) is 3.81. The van der Waals surface area contributed by atoms with Crippen molar-refractivity contribution in [1.29, 1.82) is 5.26 Å². The highest BCUT2D eigenvalue weighted by atomic mass is 35.5. The highest BCUT2D eigenvalue weighted by Crippen LogP contribution is 2.34. The molecule has 0 fully saturated rings. The molecule has 0 spiro atoms. The number of benzene rings is 1. The van der Waals surface area contributed by atoms with Crippen LogP contribution in [0.1, 0.15) is 21.1 Å². The lowest BCUT2D eigenvalue weighted by molar-refractivity contribution is 1.20. The first-order valence-electron chi connectivity index (χ1n) is 5.43. The van der Waals surface area contributed by atoms with Gasteiger partial charge in [-0.05, 0) is 19.4 Å². The molecule has 2 aromatic rings. The Bertz CT molecular complexity index is 636. The minimum atomic E-state index is 0.479. The van der Waals surface area contributed by atoms with Crippen molar-refractivity contribution in [1.82, 2.24) is 4.98 Å². The van der Waals surface area contributed by atoms with E-state index in [0.29, 0.717) is 10.6 Å². The number of nitrogens with zero attached hydrogens (tertiary/aromatic N) is 2. The van der Waals surface area contributed by atoms with E-state index in [4.69, 9.17) is 11.6 Å². The number of hydrogen-bond acceptors (Lipinski definition) is 3. The summed E-state index contributed by atoms with van der Waals surface area (Å²) in [5, 5.41) is 10.7. The van der Waals surface area contributed by atoms with Gasteiger partial charge in [0.2, 0.25) is 0 Å². The average Bonchev–Trinajstić information content (AvgIpc) is 2.70. The monoisotopic (exact) mass is 274 g/mol. The minimum Gasteiger partial charge on any atom is -0.246 e. The Balaban J connectivity index is 2.58. The summed E-state index contributed by atoms with van der Waals surface area (Å²) in [6.45, 7) is 3.83. The summed E-state index contributed by atoms with van der Waals surface area (Å²) in [6.07, 6.45) is 0. The van der Waals surface area contributed by atoms with Crippen LogP contribution in [0.15, 0.2) is 30.3 Å². The zero-order chi connectivity index (χ0) is 13.1. The Labute approximate surface area is 115 Å². The molecule has 1 heterocycles. The number of nitriles is 1. The van der Waals surface area contributed by atoms with Crippen molar-refractivity contribution in [2.45, 2.75) is 13.8 Å². The fourth-order valence-electron chi connectivity index (χ4n) is 1.69. The van der Waals surface area contributed by atoms with Gasteiger partial charge in [-0.1, -0.05) is 41.9 Å². The van der Waals surface area contributed by atoms with Crippen LogP contribution in [0.2, 0.25) is 0 Å². The van der Waals surface area contributed by atoms with Crippen LogP contribution in [-0.2, 0) is 0 Å². The standard InChI is InChI=1S/C14H11ClN2S/c1-9-14(18-10(2)17-9)13(15)12(8-16)11-6-4-3-5-7-11/h3-7H,1-2H3/b13-12+. The summed E-state index contributed by atoms with van der Waals surface area (Å²) in [4.78, 5) is 5.20. The highest BCUT2D eigenvalue weighted by molar-refractivity contribution is 7.13. The van der Waals surface area contributed by atoms with Crippen LogP contribution in [0.3, 0.4) is 0 Å². The molecule has 0 amide bonds. The lowest BCUT2D eigenvalue weighted by atomic mass is 10.1. The van der Waals surface area contributed by atoms with Gasteiger partial charge in [0.15, 0.2) is 0 Å². The summed E-state index contributed by atoms with van der Waals surface area (Å²) in [6, 6.07) is 11.6. The Morgan fingerprint density at radius 1 is 1.28 bits per heavy atom. The van der Waals surface area contributed by atoms with E-state index in [-0.39, 0.29) is 0 Å². The summed E-state index contributed by atoms with van der Waals surface area (Å²) >= 11 is 7.86. The molecule has 0 unspecified atom stereocenters. The van der Waals surface area contributed by atoms with Gasteiger partial charge in [-0.2, -0.15) is 5.26 Å². The van der Waals surface area contributed by atoms with Crippen LogP contribution in [0.4, 0.5) is 0 Å². The van der Waals surface area contributed by atoms with Crippen molar-refractivity contribution in [2.75, 3.05) is 0 Å². The van der Waals surface area contributed by atoms with Crippen LogP contribution >= 0.6 is 22.9 Å². The second kappa shape index (κ2) is 5.34. The van der Waals surface area contributed by atoms with Gasteiger partial charge in [0, 0.05) is 0 Å². The first-order valence-corrected chi connectivity index (χ1v) is 6.62. The maximum Gasteiger partial charge on any atom is 0.101 e. The van der Waals surface area contributed by atoms with E-state index in [1.54, 1.807) is 0 Å². The number of aryl methyl sites for hydroxylation is 2. The van der Waals surface area contributed by atoms with Crippen LogP contribution in [0, 0.1) is 25.2 Å². The largest absolute Gasteiger partial charge is 0.246 e. The number of halogens is 1. The van der Waals surface area contributed by atoms with Gasteiger partial charge in [0.05, 0.1) is 26.2 Å². The Hall–Kier alpha value is -1.63. The van der Waals surface area contributed by atoms with Crippen LogP contribution in [0.5, 0.6) is 0 Å². The number of hydrogen-bond donors (Lipinski definition) is 0. The maximum atomic E-state index is 9.30. The van der Waals surface area contributed by atoms with E-state index >= 15 is 0 Å². The van der Waals surface area contributed by atoms with Crippen LogP contribution in [0.25, 0.3) is 10.6 Å². The predicted octanol–water partition coefficient (Wildman–Crippen LogP) is 4.39. The van der Waals surface area contributed by atoms with Gasteiger partial charge in [0.1, 0.15) is 6.07 Å². The summed E-state index contributed by atoms with van der Waals surface area (Å²) < 4.78 is 0. The SMILES string of the molecule is Cc1nc(C)c(/C(Cl)=C(/C#N)c2ccccc2)s1. The summed E-state index contributed by atoms with van der Waals surface area (Å²) in [5.74, 6) is 0. The van der Waals surface area contributed by atoms with E-state index in [1.807, 2.05) is 44.2 Å². The molecule has 0 saturated carbocycles. The van der Waals surface area contributed by atoms with E-state index in [2.05, 4.69) is 11.1 Å². The van der Waals surface area contributed by atoms with Crippen LogP contribution in [-0.4, -0.2) is 4.98 Å². The van der Waals surface area contributed by atoms with Gasteiger partial charge in [-0.25, -0.2) is 4.98 Å². The number of allylic oxidation sites excluding steroid dienone is 1. The molecule has 0 radical (unpaired) electrons. The van der Waals surface area contributed by atoms with Gasteiger partial charge < -0.3 is 0 Å². The zero-order valence-corrected chi connectivity index (χ0v) is 11.6. The molecular weight excluding hydrogens is 264 g/mol. The van der Waals surface area contributed by atoms with Crippen molar-refractivity contribution in [3.8, 4) is 6.07 Å². The molecule has 1 aromatic heterocycles. The molecule has 2 rings (SSSR count). The van der Waals surface area contributed by atoms with E-state index in [1.165, 1.54) is 11.3 Å². The van der Waals surface area contributed by atoms with Gasteiger partial charge in [-0.3, -0.25) is 0 Å². The second-order valence-corrected chi connectivity index (χ2v) is 5.40. The molecule has 0 saturated heterocycles. The molecule has 18 heavy (non-hydrogen) atoms. The lowest BCUT2D eigenvalue weighted by Gasteiger charge is -2.02. The minimum absolute atomic E-state index is 0.479. The molecule has 0 aliphatic rings. The smallest absolute Gasteiger partial charge is 0.101 e. The molecule has 4 heteroatoms. The van der Waals surface area contributed by atoms with Gasteiger partial charge in [-0.15, -0.1) is 11.3 Å². The molecule has 0 N–H and O–H groups in total. The van der Waals surface area contributed by atoms with E-state index < -0.39 is 0 Å². The first-order chi connectivity index (χ1) is 8.63. The van der Waals surface area contributed by atoms with Crippen LogP contribution < -0.4 is 0 Å².